The van der Waals surface area contributed by atoms with Crippen LogP contribution in [-0.4, -0.2) is 17.4 Å². The summed E-state index contributed by atoms with van der Waals surface area (Å²) in [5.74, 6) is -0.127. The first-order valence-electron chi connectivity index (χ1n) is 10.4. The van der Waals surface area contributed by atoms with Crippen molar-refractivity contribution in [3.8, 4) is 11.1 Å². The molecule has 0 aliphatic carbocycles. The number of benzene rings is 3. The molecule has 0 unspecified atom stereocenters. The Balaban J connectivity index is 1.71. The monoisotopic (exact) mass is 436 g/mol. The number of carbonyl (C=O) groups excluding carboxylic acids is 1. The smallest absolute Gasteiger partial charge is 0.380 e. The number of amides is 1. The quantitative estimate of drug-likeness (QED) is 0.494. The number of anilines is 1. The van der Waals surface area contributed by atoms with Crippen LogP contribution < -0.4 is 5.32 Å². The number of carbonyl (C=O) groups is 1. The first-order chi connectivity index (χ1) is 15.3. The average Bonchev–Trinajstić information content (AvgIpc) is 2.81. The standard InChI is InChI=1S/C26H23F3N2O/c1-2-25(32)31-13-12-20-15-24(30-16-18-6-4-3-5-7-18)23(14-21(20)17-31)19-8-10-22(11-9-19)26(27,28)29/h2-11,14-15,30H,1,12-13,16-17H2. The third-order valence-corrected chi connectivity index (χ3v) is 5.69. The Hall–Kier alpha value is -3.54. The van der Waals surface area contributed by atoms with Crippen molar-refractivity contribution in [3.63, 3.8) is 0 Å². The maximum absolute atomic E-state index is 13.0. The molecule has 1 aliphatic heterocycles. The Bertz CT molecular complexity index is 1120. The van der Waals surface area contributed by atoms with Crippen LogP contribution in [0.15, 0.2) is 79.4 Å². The van der Waals surface area contributed by atoms with E-state index in [0.29, 0.717) is 31.6 Å². The highest BCUT2D eigenvalue weighted by molar-refractivity contribution is 5.87. The topological polar surface area (TPSA) is 32.3 Å². The molecule has 0 saturated carbocycles. The van der Waals surface area contributed by atoms with Gasteiger partial charge in [-0.1, -0.05) is 49.0 Å². The van der Waals surface area contributed by atoms with Crippen LogP contribution in [0, 0.1) is 0 Å². The normalized spacial score (nSPS) is 13.4. The lowest BCUT2D eigenvalue weighted by molar-refractivity contribution is -0.137. The second-order valence-corrected chi connectivity index (χ2v) is 7.79. The molecule has 1 aliphatic rings. The third-order valence-electron chi connectivity index (χ3n) is 5.69. The Morgan fingerprint density at radius 2 is 1.75 bits per heavy atom. The van der Waals surface area contributed by atoms with Crippen molar-refractivity contribution in [3.05, 3.63) is 102 Å². The molecule has 0 fully saturated rings. The van der Waals surface area contributed by atoms with Gasteiger partial charge in [0.05, 0.1) is 5.56 Å². The van der Waals surface area contributed by atoms with Crippen LogP contribution in [0.25, 0.3) is 11.1 Å². The largest absolute Gasteiger partial charge is 0.416 e. The Morgan fingerprint density at radius 1 is 1.03 bits per heavy atom. The van der Waals surface area contributed by atoms with Gasteiger partial charge < -0.3 is 10.2 Å². The number of halogens is 3. The van der Waals surface area contributed by atoms with E-state index < -0.39 is 11.7 Å². The molecule has 0 bridgehead atoms. The first kappa shape index (κ1) is 21.7. The summed E-state index contributed by atoms with van der Waals surface area (Å²) in [6.07, 6.45) is -2.37. The van der Waals surface area contributed by atoms with E-state index in [2.05, 4.69) is 18.0 Å². The van der Waals surface area contributed by atoms with Crippen LogP contribution in [-0.2, 0) is 30.5 Å². The lowest BCUT2D eigenvalue weighted by Gasteiger charge is -2.29. The molecule has 0 aromatic heterocycles. The highest BCUT2D eigenvalue weighted by atomic mass is 19.4. The zero-order valence-electron chi connectivity index (χ0n) is 17.5. The van der Waals surface area contributed by atoms with Gasteiger partial charge in [0.15, 0.2) is 0 Å². The van der Waals surface area contributed by atoms with Crippen LogP contribution in [0.4, 0.5) is 18.9 Å². The van der Waals surface area contributed by atoms with Crippen molar-refractivity contribution in [2.75, 3.05) is 11.9 Å². The number of nitrogens with one attached hydrogen (secondary N) is 1. The van der Waals surface area contributed by atoms with Crippen molar-refractivity contribution in [2.24, 2.45) is 0 Å². The molecule has 0 saturated heterocycles. The minimum Gasteiger partial charge on any atom is -0.380 e. The van der Waals surface area contributed by atoms with E-state index in [-0.39, 0.29) is 5.91 Å². The minimum absolute atomic E-state index is 0.127. The predicted octanol–water partition coefficient (Wildman–Crippen LogP) is 6.06. The molecule has 3 aromatic carbocycles. The van der Waals surface area contributed by atoms with Crippen molar-refractivity contribution in [1.82, 2.24) is 4.90 Å². The molecule has 0 atom stereocenters. The van der Waals surface area contributed by atoms with E-state index in [1.165, 1.54) is 18.2 Å². The second-order valence-electron chi connectivity index (χ2n) is 7.79. The van der Waals surface area contributed by atoms with Gasteiger partial charge in [-0.3, -0.25) is 4.79 Å². The van der Waals surface area contributed by atoms with Gasteiger partial charge in [-0.15, -0.1) is 0 Å². The fourth-order valence-corrected chi connectivity index (χ4v) is 3.94. The minimum atomic E-state index is -4.38. The van der Waals surface area contributed by atoms with Crippen molar-refractivity contribution >= 4 is 11.6 Å². The molecule has 4 rings (SSSR count). The van der Waals surface area contributed by atoms with Crippen LogP contribution in [0.1, 0.15) is 22.3 Å². The van der Waals surface area contributed by atoms with Gasteiger partial charge in [0, 0.05) is 30.9 Å². The van der Waals surface area contributed by atoms with Gasteiger partial charge in [-0.25, -0.2) is 0 Å². The van der Waals surface area contributed by atoms with Crippen molar-refractivity contribution < 1.29 is 18.0 Å². The molecule has 3 nitrogen and oxygen atoms in total. The van der Waals surface area contributed by atoms with Gasteiger partial charge in [-0.2, -0.15) is 13.2 Å². The Morgan fingerprint density at radius 3 is 2.41 bits per heavy atom. The summed E-state index contributed by atoms with van der Waals surface area (Å²) >= 11 is 0. The molecule has 3 aromatic rings. The third kappa shape index (κ3) is 4.69. The van der Waals surface area contributed by atoms with Gasteiger partial charge >= 0.3 is 6.18 Å². The number of hydrogen-bond donors (Lipinski definition) is 1. The van der Waals surface area contributed by atoms with E-state index >= 15 is 0 Å². The van der Waals surface area contributed by atoms with Crippen LogP contribution >= 0.6 is 0 Å². The fraction of sp³-hybridized carbons (Fsp3) is 0.192. The number of fused-ring (bicyclic) bond motifs is 1. The van der Waals surface area contributed by atoms with E-state index in [4.69, 9.17) is 0 Å². The van der Waals surface area contributed by atoms with Crippen LogP contribution in [0.5, 0.6) is 0 Å². The maximum atomic E-state index is 13.0. The van der Waals surface area contributed by atoms with Gasteiger partial charge in [0.25, 0.3) is 0 Å². The second kappa shape index (κ2) is 8.91. The summed E-state index contributed by atoms with van der Waals surface area (Å²) in [4.78, 5) is 13.8. The molecule has 32 heavy (non-hydrogen) atoms. The molecule has 164 valence electrons. The number of nitrogens with zero attached hydrogens (tertiary/aromatic N) is 1. The van der Waals surface area contributed by atoms with Gasteiger partial charge in [0.2, 0.25) is 5.91 Å². The zero-order chi connectivity index (χ0) is 22.7. The van der Waals surface area contributed by atoms with Crippen molar-refractivity contribution in [2.45, 2.75) is 25.7 Å². The summed E-state index contributed by atoms with van der Waals surface area (Å²) in [6, 6.07) is 19.1. The van der Waals surface area contributed by atoms with Gasteiger partial charge in [-0.05, 0) is 59.0 Å². The summed E-state index contributed by atoms with van der Waals surface area (Å²) in [6.45, 7) is 5.21. The molecule has 1 N–H and O–H groups in total. The molecular formula is C26H23F3N2O. The van der Waals surface area contributed by atoms with E-state index in [9.17, 15) is 18.0 Å². The lowest BCUT2D eigenvalue weighted by atomic mass is 9.92. The molecule has 6 heteroatoms. The number of alkyl halides is 3. The van der Waals surface area contributed by atoms with E-state index in [1.807, 2.05) is 36.4 Å². The fourth-order valence-electron chi connectivity index (χ4n) is 3.94. The zero-order valence-corrected chi connectivity index (χ0v) is 17.5. The number of hydrogen-bond acceptors (Lipinski definition) is 2. The van der Waals surface area contributed by atoms with Gasteiger partial charge in [0.1, 0.15) is 0 Å². The van der Waals surface area contributed by atoms with Crippen molar-refractivity contribution in [1.29, 1.82) is 0 Å². The van der Waals surface area contributed by atoms with E-state index in [1.54, 1.807) is 4.90 Å². The highest BCUT2D eigenvalue weighted by Gasteiger charge is 2.30. The molecular weight excluding hydrogens is 413 g/mol. The highest BCUT2D eigenvalue weighted by Crippen LogP contribution is 2.36. The predicted molar refractivity (Wildman–Crippen MR) is 120 cm³/mol. The Labute approximate surface area is 185 Å². The maximum Gasteiger partial charge on any atom is 0.416 e. The average molecular weight is 436 g/mol. The summed E-state index contributed by atoms with van der Waals surface area (Å²) < 4.78 is 39.1. The molecule has 1 heterocycles. The molecule has 0 spiro atoms. The first-order valence-corrected chi connectivity index (χ1v) is 10.4. The lowest BCUT2D eigenvalue weighted by Crippen LogP contribution is -2.34. The summed E-state index contributed by atoms with van der Waals surface area (Å²) in [5.41, 5.74) is 4.89. The SMILES string of the molecule is C=CC(=O)N1CCc2cc(NCc3ccccc3)c(-c3ccc(C(F)(F)F)cc3)cc2C1. The molecule has 0 radical (unpaired) electrons. The number of rotatable bonds is 5. The summed E-state index contributed by atoms with van der Waals surface area (Å²) in [5, 5.41) is 3.45. The summed E-state index contributed by atoms with van der Waals surface area (Å²) in [7, 11) is 0. The van der Waals surface area contributed by atoms with Crippen LogP contribution in [0.3, 0.4) is 0 Å². The van der Waals surface area contributed by atoms with Crippen LogP contribution in [0.2, 0.25) is 0 Å². The Kier molecular flexibility index (Phi) is 6.04. The van der Waals surface area contributed by atoms with E-state index in [0.717, 1.165) is 40.1 Å². The molecule has 1 amide bonds.